The number of para-hydroxylation sites is 1. The lowest BCUT2D eigenvalue weighted by Gasteiger charge is -2.14. The summed E-state index contributed by atoms with van der Waals surface area (Å²) in [5, 5.41) is 2.80. The van der Waals surface area contributed by atoms with E-state index in [1.165, 1.54) is 17.1 Å². The Bertz CT molecular complexity index is 908. The Morgan fingerprint density at radius 3 is 2.32 bits per heavy atom. The van der Waals surface area contributed by atoms with Gasteiger partial charge in [0.25, 0.3) is 5.23 Å². The zero-order chi connectivity index (χ0) is 17.6. The quantitative estimate of drug-likeness (QED) is 0.340. The molecule has 0 spiro atoms. The van der Waals surface area contributed by atoms with Crippen molar-refractivity contribution in [2.45, 2.75) is 0 Å². The van der Waals surface area contributed by atoms with Crippen LogP contribution >= 0.6 is 24.0 Å². The lowest BCUT2D eigenvalue weighted by Crippen LogP contribution is -2.19. The molecule has 0 amide bonds. The first-order valence-corrected chi connectivity index (χ1v) is 9.04. The van der Waals surface area contributed by atoms with Crippen LogP contribution in [-0.4, -0.2) is 28.5 Å². The fourth-order valence-electron chi connectivity index (χ4n) is 2.17. The van der Waals surface area contributed by atoms with Gasteiger partial charge in [-0.25, -0.2) is 4.99 Å². The maximum absolute atomic E-state index is 6.05. The van der Waals surface area contributed by atoms with Crippen molar-refractivity contribution >= 4 is 50.0 Å². The largest absolute Gasteiger partial charge is 0.433 e. The molecule has 3 aromatic carbocycles. The van der Waals surface area contributed by atoms with Crippen LogP contribution in [-0.2, 0) is 0 Å². The van der Waals surface area contributed by atoms with Crippen LogP contribution in [0.3, 0.4) is 0 Å². The van der Waals surface area contributed by atoms with Gasteiger partial charge in [0.1, 0.15) is 10.1 Å². The summed E-state index contributed by atoms with van der Waals surface area (Å²) in [6.45, 7) is 0. The Morgan fingerprint density at radius 1 is 0.920 bits per heavy atom. The normalized spacial score (nSPS) is 11.4. The van der Waals surface area contributed by atoms with Gasteiger partial charge >= 0.3 is 0 Å². The number of ether oxygens (including phenoxy) is 1. The predicted molar refractivity (Wildman–Crippen MR) is 112 cm³/mol. The van der Waals surface area contributed by atoms with Gasteiger partial charge in [0.2, 0.25) is 0 Å². The topological polar surface area (TPSA) is 24.8 Å². The highest BCUT2D eigenvalue weighted by molar-refractivity contribution is 8.32. The van der Waals surface area contributed by atoms with Crippen LogP contribution < -0.4 is 4.74 Å². The molecule has 126 valence electrons. The number of benzene rings is 3. The summed E-state index contributed by atoms with van der Waals surface area (Å²) < 4.78 is 6.74. The van der Waals surface area contributed by atoms with E-state index in [1.54, 1.807) is 0 Å². The van der Waals surface area contributed by atoms with Crippen molar-refractivity contribution in [2.75, 3.05) is 14.1 Å². The molecule has 0 aliphatic heterocycles. The summed E-state index contributed by atoms with van der Waals surface area (Å²) in [5.74, 6) is 0.738. The molecule has 0 saturated carbocycles. The number of nitrogens with zero attached hydrogens (tertiary/aromatic N) is 2. The molecule has 0 radical (unpaired) electrons. The van der Waals surface area contributed by atoms with E-state index < -0.39 is 0 Å². The first-order chi connectivity index (χ1) is 12.1. The number of hydrogen-bond acceptors (Lipinski definition) is 4. The van der Waals surface area contributed by atoms with Crippen LogP contribution in [0.1, 0.15) is 0 Å². The first-order valence-electron chi connectivity index (χ1n) is 7.81. The second-order valence-electron chi connectivity index (χ2n) is 5.59. The van der Waals surface area contributed by atoms with E-state index in [1.807, 2.05) is 79.7 Å². The number of thioether (sulfide) groups is 1. The van der Waals surface area contributed by atoms with E-state index in [2.05, 4.69) is 17.1 Å². The van der Waals surface area contributed by atoms with Crippen molar-refractivity contribution in [2.24, 2.45) is 4.99 Å². The van der Waals surface area contributed by atoms with Crippen molar-refractivity contribution in [3.05, 3.63) is 72.8 Å². The lowest BCUT2D eigenvalue weighted by atomic mass is 10.1. The zero-order valence-electron chi connectivity index (χ0n) is 14.0. The molecule has 3 aromatic rings. The molecule has 0 bridgehead atoms. The van der Waals surface area contributed by atoms with Crippen LogP contribution in [0.4, 0.5) is 5.69 Å². The molecule has 3 rings (SSSR count). The van der Waals surface area contributed by atoms with Gasteiger partial charge in [-0.05, 0) is 46.8 Å². The van der Waals surface area contributed by atoms with E-state index in [0.717, 1.165) is 16.8 Å². The number of hydrogen-bond donors (Lipinski definition) is 0. The van der Waals surface area contributed by atoms with Crippen LogP contribution in [0.25, 0.3) is 10.8 Å². The summed E-state index contributed by atoms with van der Waals surface area (Å²) >= 11 is 6.72. The molecule has 0 aliphatic carbocycles. The van der Waals surface area contributed by atoms with Crippen LogP contribution in [0, 0.1) is 0 Å². The summed E-state index contributed by atoms with van der Waals surface area (Å²) in [4.78, 5) is 6.46. The second-order valence-corrected chi connectivity index (χ2v) is 7.17. The van der Waals surface area contributed by atoms with E-state index in [4.69, 9.17) is 17.0 Å². The molecule has 0 heterocycles. The Labute approximate surface area is 157 Å². The Balaban J connectivity index is 1.90. The number of thiocarbonyl (C=S) groups is 1. The second kappa shape index (κ2) is 8.14. The predicted octanol–water partition coefficient (Wildman–Crippen LogP) is 5.49. The van der Waals surface area contributed by atoms with Crippen LogP contribution in [0.15, 0.2) is 77.8 Å². The van der Waals surface area contributed by atoms with Gasteiger partial charge in [-0.3, -0.25) is 0 Å². The minimum atomic E-state index is 0.500. The summed E-state index contributed by atoms with van der Waals surface area (Å²) in [7, 11) is 3.82. The third-order valence-corrected chi connectivity index (χ3v) is 4.95. The molecular formula is C20H18N2OS2. The minimum absolute atomic E-state index is 0.500. The maximum Gasteiger partial charge on any atom is 0.263 e. The fraction of sp³-hybridized carbons (Fsp3) is 0.100. The van der Waals surface area contributed by atoms with Gasteiger partial charge in [-0.2, -0.15) is 0 Å². The third kappa shape index (κ3) is 4.81. The summed E-state index contributed by atoms with van der Waals surface area (Å²) in [6, 6.07) is 23.9. The molecule has 0 N–H and O–H groups in total. The minimum Gasteiger partial charge on any atom is -0.433 e. The molecule has 5 heteroatoms. The lowest BCUT2D eigenvalue weighted by molar-refractivity contribution is 0.568. The number of aliphatic imine (C=N–C) groups is 1. The van der Waals surface area contributed by atoms with Gasteiger partial charge in [0, 0.05) is 14.1 Å². The third-order valence-electron chi connectivity index (χ3n) is 3.44. The van der Waals surface area contributed by atoms with Crippen LogP contribution in [0.2, 0.25) is 0 Å². The first kappa shape index (κ1) is 17.5. The van der Waals surface area contributed by atoms with E-state index >= 15 is 0 Å². The van der Waals surface area contributed by atoms with Crippen molar-refractivity contribution in [3.63, 3.8) is 0 Å². The average molecular weight is 367 g/mol. The summed E-state index contributed by atoms with van der Waals surface area (Å²) in [6.07, 6.45) is 0. The van der Waals surface area contributed by atoms with Gasteiger partial charge in [0.15, 0.2) is 0 Å². The van der Waals surface area contributed by atoms with Crippen molar-refractivity contribution in [1.82, 2.24) is 4.90 Å². The maximum atomic E-state index is 6.05. The average Bonchev–Trinajstić information content (AvgIpc) is 2.62. The highest BCUT2D eigenvalue weighted by atomic mass is 32.2. The molecule has 0 atom stereocenters. The monoisotopic (exact) mass is 366 g/mol. The highest BCUT2D eigenvalue weighted by Gasteiger charge is 2.11. The highest BCUT2D eigenvalue weighted by Crippen LogP contribution is 2.24. The van der Waals surface area contributed by atoms with Gasteiger partial charge < -0.3 is 9.64 Å². The SMILES string of the molecule is CN(C)C(=S)SC(=Nc1ccccc1)Oc1ccc2ccccc2c1. The molecule has 25 heavy (non-hydrogen) atoms. The molecule has 0 fully saturated rings. The molecule has 0 aliphatic rings. The van der Waals surface area contributed by atoms with Gasteiger partial charge in [-0.15, -0.1) is 0 Å². The van der Waals surface area contributed by atoms with Crippen molar-refractivity contribution < 1.29 is 4.74 Å². The van der Waals surface area contributed by atoms with E-state index in [0.29, 0.717) is 9.55 Å². The zero-order valence-corrected chi connectivity index (χ0v) is 15.7. The van der Waals surface area contributed by atoms with Gasteiger partial charge in [0.05, 0.1) is 5.69 Å². The summed E-state index contributed by atoms with van der Waals surface area (Å²) in [5.41, 5.74) is 0.826. The number of rotatable bonds is 2. The smallest absolute Gasteiger partial charge is 0.263 e. The van der Waals surface area contributed by atoms with E-state index in [-0.39, 0.29) is 0 Å². The standard InChI is InChI=1S/C20H18N2OS2/c1-22(2)20(24)25-19(21-17-10-4-3-5-11-17)23-18-13-12-15-8-6-7-9-16(15)14-18/h3-14H,1-2H3. The molecular weight excluding hydrogens is 348 g/mol. The molecule has 0 aromatic heterocycles. The Kier molecular flexibility index (Phi) is 5.68. The van der Waals surface area contributed by atoms with Crippen molar-refractivity contribution in [3.8, 4) is 5.75 Å². The fourth-order valence-corrected chi connectivity index (χ4v) is 3.01. The molecule has 3 nitrogen and oxygen atoms in total. The van der Waals surface area contributed by atoms with E-state index in [9.17, 15) is 0 Å². The Hall–Kier alpha value is -2.37. The van der Waals surface area contributed by atoms with Gasteiger partial charge in [-0.1, -0.05) is 60.7 Å². The molecule has 0 saturated heterocycles. The molecule has 0 unspecified atom stereocenters. The number of fused-ring (bicyclic) bond motifs is 1. The van der Waals surface area contributed by atoms with Crippen molar-refractivity contribution in [1.29, 1.82) is 0 Å². The Morgan fingerprint density at radius 2 is 1.60 bits per heavy atom. The van der Waals surface area contributed by atoms with Crippen LogP contribution in [0.5, 0.6) is 5.75 Å².